The highest BCUT2D eigenvalue weighted by atomic mass is 32.2. The summed E-state index contributed by atoms with van der Waals surface area (Å²) in [7, 11) is -0.654. The van der Waals surface area contributed by atoms with Gasteiger partial charge in [0, 0.05) is 43.0 Å². The van der Waals surface area contributed by atoms with Crippen LogP contribution in [0.15, 0.2) is 53.7 Å². The SMILES string of the molecule is C=S(NC1CCN(Cc2cccnc2)CC1)c1cccc(C(F)(F)F)c1. The molecule has 0 spiro atoms. The third-order valence-corrected chi connectivity index (χ3v) is 5.91. The van der Waals surface area contributed by atoms with Gasteiger partial charge in [-0.25, -0.2) is 0 Å². The van der Waals surface area contributed by atoms with Crippen LogP contribution in [-0.2, 0) is 12.7 Å². The van der Waals surface area contributed by atoms with Crippen LogP contribution < -0.4 is 4.72 Å². The number of piperidine rings is 1. The van der Waals surface area contributed by atoms with Crippen molar-refractivity contribution in [1.82, 2.24) is 14.6 Å². The number of nitrogens with one attached hydrogen (secondary N) is 1. The van der Waals surface area contributed by atoms with Crippen LogP contribution in [0.4, 0.5) is 13.2 Å². The molecule has 1 aromatic heterocycles. The van der Waals surface area contributed by atoms with Gasteiger partial charge in [-0.1, -0.05) is 28.7 Å². The molecular formula is C19H22F3N3S. The quantitative estimate of drug-likeness (QED) is 0.782. The van der Waals surface area contributed by atoms with Gasteiger partial charge in [0.1, 0.15) is 0 Å². The van der Waals surface area contributed by atoms with E-state index in [4.69, 9.17) is 0 Å². The van der Waals surface area contributed by atoms with Crippen molar-refractivity contribution in [3.63, 3.8) is 0 Å². The normalized spacial score (nSPS) is 18.0. The highest BCUT2D eigenvalue weighted by molar-refractivity contribution is 8.12. The zero-order chi connectivity index (χ0) is 18.6. The second-order valence-electron chi connectivity index (χ2n) is 6.45. The fraction of sp³-hybridized carbons (Fsp3) is 0.368. The summed E-state index contributed by atoms with van der Waals surface area (Å²) in [5.74, 6) is 4.04. The Morgan fingerprint density at radius 1 is 1.19 bits per heavy atom. The number of halogens is 3. The molecule has 1 aromatic carbocycles. The Kier molecular flexibility index (Phi) is 6.11. The van der Waals surface area contributed by atoms with Gasteiger partial charge in [-0.2, -0.15) is 13.2 Å². The number of aromatic nitrogens is 1. The molecule has 7 heteroatoms. The summed E-state index contributed by atoms with van der Waals surface area (Å²) in [6.45, 7) is 2.78. The van der Waals surface area contributed by atoms with E-state index in [0.29, 0.717) is 4.90 Å². The average Bonchev–Trinajstić information content (AvgIpc) is 2.63. The van der Waals surface area contributed by atoms with Gasteiger partial charge in [0.25, 0.3) is 0 Å². The molecule has 1 atom stereocenters. The van der Waals surface area contributed by atoms with Crippen molar-refractivity contribution in [1.29, 1.82) is 0 Å². The third-order valence-electron chi connectivity index (χ3n) is 4.47. The minimum Gasteiger partial charge on any atom is -0.299 e. The number of likely N-dealkylation sites (tertiary alicyclic amines) is 1. The van der Waals surface area contributed by atoms with Crippen molar-refractivity contribution in [2.75, 3.05) is 13.1 Å². The van der Waals surface area contributed by atoms with Crippen LogP contribution in [0.2, 0.25) is 0 Å². The molecule has 26 heavy (non-hydrogen) atoms. The van der Waals surface area contributed by atoms with Crippen molar-refractivity contribution < 1.29 is 13.2 Å². The number of pyridine rings is 1. The molecule has 1 fully saturated rings. The number of hydrogen-bond acceptors (Lipinski definition) is 3. The molecular weight excluding hydrogens is 359 g/mol. The number of alkyl halides is 3. The fourth-order valence-electron chi connectivity index (χ4n) is 3.05. The lowest BCUT2D eigenvalue weighted by Crippen LogP contribution is -2.40. The Balaban J connectivity index is 1.52. The third kappa shape index (κ3) is 5.16. The summed E-state index contributed by atoms with van der Waals surface area (Å²) in [6, 6.07) is 9.72. The lowest BCUT2D eigenvalue weighted by Gasteiger charge is -2.33. The number of hydrogen-bond donors (Lipinski definition) is 1. The summed E-state index contributed by atoms with van der Waals surface area (Å²) in [5, 5.41) is 0. The average molecular weight is 381 g/mol. The van der Waals surface area contributed by atoms with E-state index in [9.17, 15) is 13.2 Å². The molecule has 2 heterocycles. The van der Waals surface area contributed by atoms with Crippen LogP contribution >= 0.6 is 10.7 Å². The van der Waals surface area contributed by atoms with E-state index in [-0.39, 0.29) is 6.04 Å². The van der Waals surface area contributed by atoms with E-state index in [0.717, 1.165) is 38.5 Å². The van der Waals surface area contributed by atoms with Gasteiger partial charge < -0.3 is 0 Å². The van der Waals surface area contributed by atoms with Crippen molar-refractivity contribution in [3.05, 3.63) is 59.9 Å². The van der Waals surface area contributed by atoms with Crippen LogP contribution in [0.1, 0.15) is 24.0 Å². The molecule has 2 aromatic rings. The summed E-state index contributed by atoms with van der Waals surface area (Å²) in [5.41, 5.74) is 0.573. The first-order valence-electron chi connectivity index (χ1n) is 8.50. The van der Waals surface area contributed by atoms with Crippen molar-refractivity contribution in [3.8, 4) is 0 Å². The van der Waals surface area contributed by atoms with Crippen molar-refractivity contribution >= 4 is 16.5 Å². The molecule has 3 nitrogen and oxygen atoms in total. The molecule has 1 unspecified atom stereocenters. The lowest BCUT2D eigenvalue weighted by molar-refractivity contribution is -0.137. The molecule has 0 bridgehead atoms. The topological polar surface area (TPSA) is 28.2 Å². The standard InChI is InChI=1S/C19H22F3N3S/c1-26(18-6-2-5-16(12-18)19(20,21)22)24-17-7-10-25(11-8-17)14-15-4-3-9-23-13-15/h2-6,9,12-13,17,24H,1,7-8,10-11,14H2. The molecule has 0 aliphatic carbocycles. The van der Waals surface area contributed by atoms with Gasteiger partial charge in [0.2, 0.25) is 0 Å². The Hall–Kier alpha value is -1.70. The second kappa shape index (κ2) is 8.33. The van der Waals surface area contributed by atoms with E-state index < -0.39 is 22.4 Å². The fourth-order valence-corrected chi connectivity index (χ4v) is 4.34. The Labute approximate surface area is 154 Å². The van der Waals surface area contributed by atoms with E-state index >= 15 is 0 Å². The van der Waals surface area contributed by atoms with E-state index in [1.54, 1.807) is 12.3 Å². The van der Waals surface area contributed by atoms with E-state index in [1.807, 2.05) is 12.3 Å². The smallest absolute Gasteiger partial charge is 0.299 e. The second-order valence-corrected chi connectivity index (χ2v) is 7.93. The van der Waals surface area contributed by atoms with Crippen LogP contribution in [0.25, 0.3) is 0 Å². The van der Waals surface area contributed by atoms with Crippen LogP contribution in [0.3, 0.4) is 0 Å². The Morgan fingerprint density at radius 2 is 1.96 bits per heavy atom. The summed E-state index contributed by atoms with van der Waals surface area (Å²) in [4.78, 5) is 7.11. The maximum atomic E-state index is 12.9. The molecule has 0 amide bonds. The van der Waals surface area contributed by atoms with Crippen LogP contribution in [0.5, 0.6) is 0 Å². The maximum absolute atomic E-state index is 12.9. The first-order valence-corrected chi connectivity index (χ1v) is 9.90. The summed E-state index contributed by atoms with van der Waals surface area (Å²) >= 11 is 0. The van der Waals surface area contributed by atoms with Crippen LogP contribution in [-0.4, -0.2) is 34.9 Å². The first-order chi connectivity index (χ1) is 12.4. The largest absolute Gasteiger partial charge is 0.416 e. The lowest BCUT2D eigenvalue weighted by atomic mass is 10.1. The van der Waals surface area contributed by atoms with Gasteiger partial charge in [-0.3, -0.25) is 14.6 Å². The highest BCUT2D eigenvalue weighted by Crippen LogP contribution is 2.33. The molecule has 1 N–H and O–H groups in total. The van der Waals surface area contributed by atoms with Crippen molar-refractivity contribution in [2.45, 2.75) is 36.5 Å². The van der Waals surface area contributed by atoms with Gasteiger partial charge >= 0.3 is 6.18 Å². The zero-order valence-electron chi connectivity index (χ0n) is 14.4. The minimum absolute atomic E-state index is 0.274. The monoisotopic (exact) mass is 381 g/mol. The maximum Gasteiger partial charge on any atom is 0.416 e. The molecule has 0 radical (unpaired) electrons. The van der Waals surface area contributed by atoms with Gasteiger partial charge in [-0.05, 0) is 42.7 Å². The molecule has 0 saturated carbocycles. The Morgan fingerprint density at radius 3 is 2.62 bits per heavy atom. The number of rotatable bonds is 5. The minimum atomic E-state index is -4.32. The predicted molar refractivity (Wildman–Crippen MR) is 100 cm³/mol. The Bertz CT molecular complexity index is 741. The van der Waals surface area contributed by atoms with Gasteiger partial charge in [0.05, 0.1) is 5.56 Å². The van der Waals surface area contributed by atoms with Gasteiger partial charge in [-0.15, -0.1) is 0 Å². The van der Waals surface area contributed by atoms with Crippen LogP contribution in [0, 0.1) is 0 Å². The summed E-state index contributed by atoms with van der Waals surface area (Å²) < 4.78 is 42.0. The molecule has 1 aliphatic rings. The number of nitrogens with zero attached hydrogens (tertiary/aromatic N) is 2. The van der Waals surface area contributed by atoms with Crippen molar-refractivity contribution in [2.24, 2.45) is 0 Å². The predicted octanol–water partition coefficient (Wildman–Crippen LogP) is 4.33. The first kappa shape index (κ1) is 19.1. The molecule has 3 rings (SSSR count). The number of benzene rings is 1. The van der Waals surface area contributed by atoms with E-state index in [1.165, 1.54) is 17.7 Å². The zero-order valence-corrected chi connectivity index (χ0v) is 15.2. The molecule has 140 valence electrons. The molecule has 1 aliphatic heterocycles. The molecule has 1 saturated heterocycles. The highest BCUT2D eigenvalue weighted by Gasteiger charge is 2.30. The van der Waals surface area contributed by atoms with Gasteiger partial charge in [0.15, 0.2) is 0 Å². The summed E-state index contributed by atoms with van der Waals surface area (Å²) in [6.07, 6.45) is 1.24. The van der Waals surface area contributed by atoms with E-state index in [2.05, 4.69) is 26.5 Å².